The minimum Gasteiger partial charge on any atom is -0.320 e. The van der Waals surface area contributed by atoms with E-state index in [9.17, 15) is 4.79 Å². The average Bonchev–Trinajstić information content (AvgIpc) is 3.46. The second-order valence-corrected chi connectivity index (χ2v) is 10.9. The highest BCUT2D eigenvalue weighted by molar-refractivity contribution is 6.32. The van der Waals surface area contributed by atoms with Crippen molar-refractivity contribution in [2.45, 2.75) is 50.7 Å². The fraction of sp³-hybridized carbons (Fsp3) is 0.300. The lowest BCUT2D eigenvalue weighted by Crippen LogP contribution is -2.47. The summed E-state index contributed by atoms with van der Waals surface area (Å²) in [6, 6.07) is 22.4. The quantitative estimate of drug-likeness (QED) is 0.338. The van der Waals surface area contributed by atoms with Gasteiger partial charge in [0.25, 0.3) is 5.91 Å². The van der Waals surface area contributed by atoms with Crippen LogP contribution in [0.3, 0.4) is 0 Å². The molecule has 1 amide bonds. The predicted octanol–water partition coefficient (Wildman–Crippen LogP) is 5.84. The van der Waals surface area contributed by atoms with Crippen LogP contribution in [0.5, 0.6) is 0 Å². The second-order valence-electron chi connectivity index (χ2n) is 10.5. The molecule has 6 nitrogen and oxygen atoms in total. The normalized spacial score (nSPS) is 16.9. The Morgan fingerprint density at radius 2 is 1.84 bits per heavy atom. The summed E-state index contributed by atoms with van der Waals surface area (Å²) >= 11 is 6.71. The summed E-state index contributed by atoms with van der Waals surface area (Å²) in [5.74, 6) is 0.725. The van der Waals surface area contributed by atoms with Crippen LogP contribution in [0.15, 0.2) is 73.1 Å². The first-order valence-corrected chi connectivity index (χ1v) is 13.2. The fourth-order valence-electron chi connectivity index (χ4n) is 5.49. The Morgan fingerprint density at radius 3 is 2.54 bits per heavy atom. The Bertz CT molecular complexity index is 1460. The van der Waals surface area contributed by atoms with Crippen LogP contribution >= 0.6 is 11.6 Å². The van der Waals surface area contributed by atoms with Crippen molar-refractivity contribution in [3.63, 3.8) is 0 Å². The predicted molar refractivity (Wildman–Crippen MR) is 146 cm³/mol. The number of amides is 1. The molecule has 0 radical (unpaired) electrons. The number of rotatable bonds is 7. The SMILES string of the molecule is Cn1cnnc1[C@H](c1ccccc1)c1cccc(N2Cc3c(Cl)cc(CNC4(C)CCC4)cc3C2=O)c1. The van der Waals surface area contributed by atoms with Crippen LogP contribution in [0.4, 0.5) is 5.69 Å². The van der Waals surface area contributed by atoms with Crippen molar-refractivity contribution in [2.24, 2.45) is 7.05 Å². The van der Waals surface area contributed by atoms with Crippen LogP contribution in [0, 0.1) is 0 Å². The van der Waals surface area contributed by atoms with E-state index >= 15 is 0 Å². The molecule has 0 saturated heterocycles. The van der Waals surface area contributed by atoms with Crippen molar-refractivity contribution in [1.82, 2.24) is 20.1 Å². The van der Waals surface area contributed by atoms with E-state index in [2.05, 4.69) is 46.7 Å². The molecule has 188 valence electrons. The van der Waals surface area contributed by atoms with Gasteiger partial charge >= 0.3 is 0 Å². The molecule has 4 aromatic rings. The van der Waals surface area contributed by atoms with Gasteiger partial charge in [-0.2, -0.15) is 0 Å². The van der Waals surface area contributed by atoms with Gasteiger partial charge in [0.1, 0.15) is 12.2 Å². The molecule has 3 aromatic carbocycles. The van der Waals surface area contributed by atoms with Gasteiger partial charge < -0.3 is 14.8 Å². The van der Waals surface area contributed by atoms with Crippen molar-refractivity contribution in [1.29, 1.82) is 0 Å². The smallest absolute Gasteiger partial charge is 0.258 e. The molecule has 2 aliphatic rings. The molecule has 0 unspecified atom stereocenters. The van der Waals surface area contributed by atoms with E-state index in [4.69, 9.17) is 11.6 Å². The molecule has 6 rings (SSSR count). The maximum Gasteiger partial charge on any atom is 0.258 e. The average molecular weight is 512 g/mol. The van der Waals surface area contributed by atoms with Crippen molar-refractivity contribution < 1.29 is 4.79 Å². The van der Waals surface area contributed by atoms with E-state index in [-0.39, 0.29) is 17.4 Å². The van der Waals surface area contributed by atoms with Crippen LogP contribution in [-0.2, 0) is 20.1 Å². The number of halogens is 1. The highest BCUT2D eigenvalue weighted by Gasteiger charge is 2.33. The zero-order valence-electron chi connectivity index (χ0n) is 21.1. The van der Waals surface area contributed by atoms with Crippen LogP contribution in [0.2, 0.25) is 5.02 Å². The Kier molecular flexibility index (Phi) is 6.09. The number of aromatic nitrogens is 3. The molecule has 1 aliphatic carbocycles. The summed E-state index contributed by atoms with van der Waals surface area (Å²) in [5.41, 5.74) is 5.84. The van der Waals surface area contributed by atoms with Gasteiger partial charge in [0.15, 0.2) is 0 Å². The molecule has 1 aliphatic heterocycles. The summed E-state index contributed by atoms with van der Waals surface area (Å²) < 4.78 is 1.95. The number of carbonyl (C=O) groups excluding carboxylic acids is 1. The second kappa shape index (κ2) is 9.43. The maximum absolute atomic E-state index is 13.6. The Balaban J connectivity index is 1.31. The minimum absolute atomic E-state index is 0.0133. The third-order valence-electron chi connectivity index (χ3n) is 7.88. The molecule has 0 bridgehead atoms. The molecular formula is C30H30ClN5O. The Labute approximate surface area is 222 Å². The molecule has 1 fully saturated rings. The molecule has 1 saturated carbocycles. The zero-order valence-corrected chi connectivity index (χ0v) is 21.9. The van der Waals surface area contributed by atoms with Gasteiger partial charge in [0, 0.05) is 41.0 Å². The van der Waals surface area contributed by atoms with Crippen LogP contribution in [-0.4, -0.2) is 26.2 Å². The van der Waals surface area contributed by atoms with E-state index in [0.717, 1.165) is 33.8 Å². The van der Waals surface area contributed by atoms with Gasteiger partial charge in [0.05, 0.1) is 12.5 Å². The van der Waals surface area contributed by atoms with Gasteiger partial charge in [-0.25, -0.2) is 0 Å². The number of nitrogens with zero attached hydrogens (tertiary/aromatic N) is 4. The summed E-state index contributed by atoms with van der Waals surface area (Å²) in [6.45, 7) is 3.43. The topological polar surface area (TPSA) is 63.1 Å². The largest absolute Gasteiger partial charge is 0.320 e. The van der Waals surface area contributed by atoms with E-state index in [0.29, 0.717) is 23.7 Å². The number of nitrogens with one attached hydrogen (secondary N) is 1. The van der Waals surface area contributed by atoms with Crippen molar-refractivity contribution in [3.05, 3.63) is 112 Å². The van der Waals surface area contributed by atoms with E-state index in [1.165, 1.54) is 19.3 Å². The molecule has 1 aromatic heterocycles. The van der Waals surface area contributed by atoms with E-state index in [1.807, 2.05) is 59.0 Å². The summed E-state index contributed by atoms with van der Waals surface area (Å²) in [6.07, 6.45) is 5.36. The number of carbonyl (C=O) groups is 1. The van der Waals surface area contributed by atoms with E-state index < -0.39 is 0 Å². The van der Waals surface area contributed by atoms with Crippen molar-refractivity contribution in [2.75, 3.05) is 4.90 Å². The number of fused-ring (bicyclic) bond motifs is 1. The highest BCUT2D eigenvalue weighted by atomic mass is 35.5. The standard InChI is InChI=1S/C30H30ClN5O/c1-30(12-7-13-30)32-17-20-14-24-25(26(31)15-20)18-36(29(24)37)23-11-6-10-22(16-23)27(21-8-4-3-5-9-21)28-34-33-19-35(28)2/h3-6,8-11,14-16,19,27,32H,7,12-13,17-18H2,1-2H3/t27-/m1/s1. The third kappa shape index (κ3) is 4.45. The Morgan fingerprint density at radius 1 is 1.05 bits per heavy atom. The molecule has 1 N–H and O–H groups in total. The molecule has 37 heavy (non-hydrogen) atoms. The molecule has 0 spiro atoms. The van der Waals surface area contributed by atoms with Crippen LogP contribution in [0.1, 0.15) is 70.5 Å². The van der Waals surface area contributed by atoms with Crippen LogP contribution < -0.4 is 10.2 Å². The zero-order chi connectivity index (χ0) is 25.6. The number of hydrogen-bond acceptors (Lipinski definition) is 4. The molecule has 7 heteroatoms. The highest BCUT2D eigenvalue weighted by Crippen LogP contribution is 2.37. The van der Waals surface area contributed by atoms with Gasteiger partial charge in [0.2, 0.25) is 0 Å². The first-order chi connectivity index (χ1) is 17.9. The number of aryl methyl sites for hydroxylation is 1. The lowest BCUT2D eigenvalue weighted by Gasteiger charge is -2.39. The summed E-state index contributed by atoms with van der Waals surface area (Å²) in [5, 5.41) is 12.8. The first-order valence-electron chi connectivity index (χ1n) is 12.8. The number of anilines is 1. The minimum atomic E-state index is -0.108. The first kappa shape index (κ1) is 23.9. The monoisotopic (exact) mass is 511 g/mol. The third-order valence-corrected chi connectivity index (χ3v) is 8.21. The van der Waals surface area contributed by atoms with Gasteiger partial charge in [-0.05, 0) is 67.1 Å². The van der Waals surface area contributed by atoms with Crippen molar-refractivity contribution >= 4 is 23.2 Å². The molecular weight excluding hydrogens is 482 g/mol. The number of benzene rings is 3. The maximum atomic E-state index is 13.6. The molecule has 1 atom stereocenters. The number of hydrogen-bond donors (Lipinski definition) is 1. The van der Waals surface area contributed by atoms with Gasteiger partial charge in [-0.1, -0.05) is 54.1 Å². The lowest BCUT2D eigenvalue weighted by molar-refractivity contribution is 0.0996. The summed E-state index contributed by atoms with van der Waals surface area (Å²) in [7, 11) is 1.95. The fourth-order valence-corrected chi connectivity index (χ4v) is 5.79. The van der Waals surface area contributed by atoms with Crippen molar-refractivity contribution in [3.8, 4) is 0 Å². The lowest BCUT2D eigenvalue weighted by atomic mass is 9.78. The Hall–Kier alpha value is -3.48. The molecule has 2 heterocycles. The van der Waals surface area contributed by atoms with E-state index in [1.54, 1.807) is 6.33 Å². The summed E-state index contributed by atoms with van der Waals surface area (Å²) in [4.78, 5) is 15.4. The van der Waals surface area contributed by atoms with Gasteiger partial charge in [-0.15, -0.1) is 10.2 Å². The van der Waals surface area contributed by atoms with Crippen LogP contribution in [0.25, 0.3) is 0 Å². The van der Waals surface area contributed by atoms with Gasteiger partial charge in [-0.3, -0.25) is 4.79 Å².